The standard InChI is InChI=1S/C59H70N8O6S2/c1-33-28-39-9-7-34(29-44(39)40-16-22-46-50(31-40)62-54(60-46)52-36-12-18-42(19-13-36)66(52)56(68)48(24-26-74-4)64-58(70)72-2)6-8-35-10-11-38(33)30-45(35)41-17-23-47-51(32-41)63-55(61-47)53-37-14-20-43(21-15-37)67(53)57(69)49(25-27-75-5)65-59(71)73-3/h7,9-11,16-17,22-23,29-33,36-37,42-43,48-49,52-53H,6,8,12-15,18-21,24-28H2,1-5H3,(H,60,62)(H,61,63)(H,64,70)(H,65,71). The molecule has 2 aromatic heterocycles. The van der Waals surface area contributed by atoms with E-state index >= 15 is 0 Å². The number of hydrogen-bond acceptors (Lipinski definition) is 10. The van der Waals surface area contributed by atoms with E-state index in [9.17, 15) is 19.2 Å². The number of rotatable bonds is 14. The van der Waals surface area contributed by atoms with Crippen molar-refractivity contribution in [1.29, 1.82) is 0 Å². The first-order valence-corrected chi connectivity index (χ1v) is 29.9. The zero-order valence-corrected chi connectivity index (χ0v) is 45.4. The number of aryl methyl sites for hydroxylation is 2. The number of ether oxygens (including phenoxy) is 2. The van der Waals surface area contributed by atoms with Gasteiger partial charge in [-0.3, -0.25) is 9.59 Å². The number of fused-ring (bicyclic) bond motifs is 8. The fourth-order valence-corrected chi connectivity index (χ4v) is 14.3. The van der Waals surface area contributed by atoms with Gasteiger partial charge in [0.05, 0.1) is 48.4 Å². The predicted octanol–water partition coefficient (Wildman–Crippen LogP) is 11.1. The van der Waals surface area contributed by atoms with Gasteiger partial charge in [0.25, 0.3) is 0 Å². The molecule has 8 bridgehead atoms. The van der Waals surface area contributed by atoms with Crippen LogP contribution in [0.5, 0.6) is 0 Å². The van der Waals surface area contributed by atoms with Gasteiger partial charge < -0.3 is 39.9 Å². The second-order valence-corrected chi connectivity index (χ2v) is 23.7. The Kier molecular flexibility index (Phi) is 14.9. The Morgan fingerprint density at radius 3 is 1.61 bits per heavy atom. The molecule has 4 saturated heterocycles. The lowest BCUT2D eigenvalue weighted by molar-refractivity contribution is -0.148. The van der Waals surface area contributed by atoms with Gasteiger partial charge in [-0.15, -0.1) is 0 Å². The molecule has 6 aromatic rings. The molecule has 4 amide bonds. The van der Waals surface area contributed by atoms with Crippen molar-refractivity contribution in [3.05, 3.63) is 107 Å². The van der Waals surface area contributed by atoms with Crippen LogP contribution in [0.1, 0.15) is 123 Å². The van der Waals surface area contributed by atoms with Crippen LogP contribution >= 0.6 is 23.5 Å². The van der Waals surface area contributed by atoms with Crippen LogP contribution in [-0.2, 0) is 38.3 Å². The molecule has 2 saturated carbocycles. The summed E-state index contributed by atoms with van der Waals surface area (Å²) >= 11 is 3.32. The Labute approximate surface area is 448 Å². The number of carbonyl (C=O) groups excluding carboxylic acids is 4. The first-order chi connectivity index (χ1) is 36.5. The maximum Gasteiger partial charge on any atom is 0.407 e. The van der Waals surface area contributed by atoms with Crippen molar-refractivity contribution < 1.29 is 28.7 Å². The lowest BCUT2D eigenvalue weighted by Gasteiger charge is -2.51. The van der Waals surface area contributed by atoms with Crippen molar-refractivity contribution in [3.8, 4) is 22.3 Å². The van der Waals surface area contributed by atoms with E-state index in [0.29, 0.717) is 12.8 Å². The van der Waals surface area contributed by atoms with E-state index in [0.717, 1.165) is 127 Å². The van der Waals surface area contributed by atoms with Crippen molar-refractivity contribution >= 4 is 69.6 Å². The maximum atomic E-state index is 14.5. The number of benzene rings is 4. The van der Waals surface area contributed by atoms with Gasteiger partial charge in [-0.1, -0.05) is 55.5 Å². The Bertz CT molecular complexity index is 3100. The number of nitrogens with zero attached hydrogens (tertiary/aromatic N) is 4. The molecule has 16 rings (SSSR count). The highest BCUT2D eigenvalue weighted by atomic mass is 32.2. The Hall–Kier alpha value is -6.00. The fraction of sp³-hybridized carbons (Fsp3) is 0.492. The van der Waals surface area contributed by atoms with E-state index in [2.05, 4.69) is 100 Å². The topological polar surface area (TPSA) is 175 Å². The molecular weight excluding hydrogens is 981 g/mol. The largest absolute Gasteiger partial charge is 0.453 e. The van der Waals surface area contributed by atoms with Gasteiger partial charge in [-0.25, -0.2) is 19.6 Å². The lowest BCUT2D eigenvalue weighted by atomic mass is 9.74. The number of aromatic amines is 2. The molecule has 394 valence electrons. The van der Waals surface area contributed by atoms with Gasteiger partial charge in [-0.2, -0.15) is 23.5 Å². The molecule has 6 fully saturated rings. The van der Waals surface area contributed by atoms with Crippen LogP contribution in [0.15, 0.2) is 72.8 Å². The molecule has 6 aliphatic carbocycles. The van der Waals surface area contributed by atoms with E-state index in [4.69, 9.17) is 19.4 Å². The number of piperidine rings is 4. The SMILES string of the molecule is COC(=O)NC(CCSC)C(=O)N1C2CCC(CC2)C1c1nc2ccc(-c3cc4ccc3CCc3ccc(c(-c5ccc6nc(C7C8CCC(CC8)N7C(=O)C(CCSC)NC(=O)OC)[nH]c6c5)c3)CC4C)cc2[nH]1. The van der Waals surface area contributed by atoms with Crippen LogP contribution in [0.4, 0.5) is 9.59 Å². The lowest BCUT2D eigenvalue weighted by Crippen LogP contribution is -2.58. The number of H-pyrrole nitrogens is 2. The minimum absolute atomic E-state index is 0.0548. The molecule has 0 radical (unpaired) electrons. The molecular formula is C59H70N8O6S2. The quantitative estimate of drug-likeness (QED) is 0.0822. The van der Waals surface area contributed by atoms with E-state index in [1.54, 1.807) is 23.5 Å². The summed E-state index contributed by atoms with van der Waals surface area (Å²) < 4.78 is 9.89. The van der Waals surface area contributed by atoms with Crippen LogP contribution in [0, 0.1) is 11.8 Å². The smallest absolute Gasteiger partial charge is 0.407 e. The average Bonchev–Trinajstić information content (AvgIpc) is 4.08. The average molecular weight is 1050 g/mol. The summed E-state index contributed by atoms with van der Waals surface area (Å²) in [5.41, 5.74) is 13.5. The number of hydrogen-bond donors (Lipinski definition) is 4. The highest BCUT2D eigenvalue weighted by Gasteiger charge is 2.49. The monoisotopic (exact) mass is 1050 g/mol. The summed E-state index contributed by atoms with van der Waals surface area (Å²) in [6.45, 7) is 2.32. The van der Waals surface area contributed by atoms with Gasteiger partial charge in [0, 0.05) is 12.1 Å². The number of carbonyl (C=O) groups is 4. The zero-order valence-electron chi connectivity index (χ0n) is 43.8. The molecule has 5 unspecified atom stereocenters. The normalized spacial score (nSPS) is 23.7. The van der Waals surface area contributed by atoms with Crippen molar-refractivity contribution in [2.45, 2.75) is 133 Å². The third-order valence-corrected chi connectivity index (χ3v) is 18.6. The van der Waals surface area contributed by atoms with Gasteiger partial charge >= 0.3 is 12.2 Å². The van der Waals surface area contributed by atoms with E-state index in [1.807, 2.05) is 22.3 Å². The Morgan fingerprint density at radius 2 is 1.12 bits per heavy atom. The zero-order chi connectivity index (χ0) is 51.9. The number of amides is 4. The van der Waals surface area contributed by atoms with Crippen molar-refractivity contribution in [3.63, 3.8) is 0 Å². The van der Waals surface area contributed by atoms with Crippen molar-refractivity contribution in [2.24, 2.45) is 11.8 Å². The molecule has 10 aliphatic rings. The van der Waals surface area contributed by atoms with E-state index in [-0.39, 0.29) is 53.7 Å². The molecule has 75 heavy (non-hydrogen) atoms. The summed E-state index contributed by atoms with van der Waals surface area (Å²) in [5, 5.41) is 5.70. The van der Waals surface area contributed by atoms with Crippen LogP contribution in [-0.4, -0.2) is 116 Å². The molecule has 5 atom stereocenters. The third-order valence-electron chi connectivity index (χ3n) is 17.3. The fourth-order valence-electron chi connectivity index (χ4n) is 13.4. The van der Waals surface area contributed by atoms with Gasteiger partial charge in [0.15, 0.2) is 0 Å². The molecule has 0 spiro atoms. The molecule has 4 N–H and O–H groups in total. The Balaban J connectivity index is 0.857. The molecule has 4 aromatic carbocycles. The minimum Gasteiger partial charge on any atom is -0.453 e. The van der Waals surface area contributed by atoms with Gasteiger partial charge in [0.1, 0.15) is 23.7 Å². The highest BCUT2D eigenvalue weighted by Crippen LogP contribution is 2.49. The number of nitrogens with one attached hydrogen (secondary N) is 4. The molecule has 16 heteroatoms. The molecule has 4 aliphatic heterocycles. The predicted molar refractivity (Wildman–Crippen MR) is 298 cm³/mol. The number of thioether (sulfide) groups is 2. The van der Waals surface area contributed by atoms with E-state index in [1.165, 1.54) is 47.6 Å². The van der Waals surface area contributed by atoms with Crippen molar-refractivity contribution in [2.75, 3.05) is 38.2 Å². The number of methoxy groups -OCH3 is 2. The summed E-state index contributed by atoms with van der Waals surface area (Å²) in [4.78, 5) is 75.7. The number of aromatic nitrogens is 4. The minimum atomic E-state index is -0.663. The summed E-state index contributed by atoms with van der Waals surface area (Å²) in [6, 6.07) is 25.7. The maximum absolute atomic E-state index is 14.5. The second kappa shape index (κ2) is 21.9. The summed E-state index contributed by atoms with van der Waals surface area (Å²) in [7, 11) is 2.67. The number of alkyl carbamates (subject to hydrolysis) is 2. The molecule has 6 heterocycles. The van der Waals surface area contributed by atoms with Gasteiger partial charge in [-0.05, 0) is 194 Å². The highest BCUT2D eigenvalue weighted by molar-refractivity contribution is 7.98. The summed E-state index contributed by atoms with van der Waals surface area (Å²) in [6.07, 6.45) is 14.5. The van der Waals surface area contributed by atoms with Gasteiger partial charge in [0.2, 0.25) is 11.8 Å². The number of imidazole rings is 2. The van der Waals surface area contributed by atoms with Crippen LogP contribution in [0.25, 0.3) is 44.3 Å². The summed E-state index contributed by atoms with van der Waals surface area (Å²) in [5.74, 6) is 3.82. The third kappa shape index (κ3) is 10.1. The van der Waals surface area contributed by atoms with E-state index < -0.39 is 24.3 Å². The van der Waals surface area contributed by atoms with Crippen LogP contribution < -0.4 is 10.6 Å². The first kappa shape index (κ1) is 51.1. The second-order valence-electron chi connectivity index (χ2n) is 21.7. The first-order valence-electron chi connectivity index (χ1n) is 27.1. The van der Waals surface area contributed by atoms with Crippen LogP contribution in [0.3, 0.4) is 0 Å². The van der Waals surface area contributed by atoms with Crippen LogP contribution in [0.2, 0.25) is 0 Å². The molecule has 14 nitrogen and oxygen atoms in total. The Morgan fingerprint density at radius 1 is 0.627 bits per heavy atom. The van der Waals surface area contributed by atoms with Crippen molar-refractivity contribution in [1.82, 2.24) is 40.4 Å².